The first-order chi connectivity index (χ1) is 17.7. The lowest BCUT2D eigenvalue weighted by atomic mass is 9.86. The molecule has 190 valence electrons. The number of hydrogen-bond acceptors (Lipinski definition) is 6. The Morgan fingerprint density at radius 1 is 1.30 bits per heavy atom. The van der Waals surface area contributed by atoms with Gasteiger partial charge in [0, 0.05) is 36.1 Å². The molecule has 1 unspecified atom stereocenters. The highest BCUT2D eigenvalue weighted by molar-refractivity contribution is 6.33. The number of pyridine rings is 1. The summed E-state index contributed by atoms with van der Waals surface area (Å²) in [5.74, 6) is 0.799. The molecule has 0 radical (unpaired) electrons. The van der Waals surface area contributed by atoms with Crippen molar-refractivity contribution in [1.82, 2.24) is 19.9 Å². The number of halogens is 1. The number of fused-ring (bicyclic) bond motifs is 1. The van der Waals surface area contributed by atoms with Crippen LogP contribution in [0.1, 0.15) is 25.0 Å². The van der Waals surface area contributed by atoms with E-state index < -0.39 is 5.41 Å². The number of nitrogens with one attached hydrogen (secondary N) is 2. The second kappa shape index (κ2) is 9.40. The maximum Gasteiger partial charge on any atom is 0.227 e. The van der Waals surface area contributed by atoms with Gasteiger partial charge in [0.15, 0.2) is 0 Å². The molecule has 0 bridgehead atoms. The fourth-order valence-corrected chi connectivity index (χ4v) is 4.65. The van der Waals surface area contributed by atoms with Gasteiger partial charge in [0.2, 0.25) is 11.8 Å². The number of ether oxygens (including phenoxy) is 1. The summed E-state index contributed by atoms with van der Waals surface area (Å²) in [6, 6.07) is 11.0. The molecule has 4 aromatic rings. The number of amidine groups is 1. The minimum Gasteiger partial charge on any atom is -0.481 e. The fraction of sp³-hybridized carbons (Fsp3) is 0.259. The van der Waals surface area contributed by atoms with Gasteiger partial charge in [0.25, 0.3) is 0 Å². The van der Waals surface area contributed by atoms with Gasteiger partial charge in [-0.25, -0.2) is 14.5 Å². The van der Waals surface area contributed by atoms with Crippen molar-refractivity contribution in [3.63, 3.8) is 0 Å². The van der Waals surface area contributed by atoms with Gasteiger partial charge in [0.1, 0.15) is 5.84 Å². The smallest absolute Gasteiger partial charge is 0.227 e. The van der Waals surface area contributed by atoms with E-state index >= 15 is 0 Å². The summed E-state index contributed by atoms with van der Waals surface area (Å²) in [7, 11) is 1.59. The SMILES string of the molecule is COc1cc(C)c(-c2cc3c(NC4CNC(=O)C4(C)C)c(/C(N)=N/c4ccccc4Cl)cnn3c2)cn1. The highest BCUT2D eigenvalue weighted by Gasteiger charge is 2.43. The zero-order valence-corrected chi connectivity index (χ0v) is 21.8. The minimum absolute atomic E-state index is 0.00895. The Balaban J connectivity index is 1.66. The fourth-order valence-electron chi connectivity index (χ4n) is 4.47. The van der Waals surface area contributed by atoms with E-state index in [4.69, 9.17) is 22.1 Å². The van der Waals surface area contributed by atoms with Gasteiger partial charge in [-0.3, -0.25) is 4.79 Å². The first kappa shape index (κ1) is 24.6. The van der Waals surface area contributed by atoms with Crippen molar-refractivity contribution >= 4 is 40.2 Å². The molecule has 4 heterocycles. The van der Waals surface area contributed by atoms with Crippen molar-refractivity contribution in [2.45, 2.75) is 26.8 Å². The van der Waals surface area contributed by atoms with Crippen molar-refractivity contribution in [1.29, 1.82) is 0 Å². The van der Waals surface area contributed by atoms with Gasteiger partial charge in [-0.1, -0.05) is 23.7 Å². The molecule has 1 amide bonds. The molecule has 37 heavy (non-hydrogen) atoms. The van der Waals surface area contributed by atoms with E-state index in [0.29, 0.717) is 28.7 Å². The maximum atomic E-state index is 12.5. The number of amides is 1. The Morgan fingerprint density at radius 3 is 2.76 bits per heavy atom. The first-order valence-electron chi connectivity index (χ1n) is 11.9. The number of nitrogens with zero attached hydrogens (tertiary/aromatic N) is 4. The normalized spacial score (nSPS) is 17.2. The summed E-state index contributed by atoms with van der Waals surface area (Å²) in [4.78, 5) is 21.4. The predicted octanol–water partition coefficient (Wildman–Crippen LogP) is 4.34. The monoisotopic (exact) mass is 517 g/mol. The standard InChI is InChI=1S/C27H28ClN7O2/c1-15-9-23(37-4)30-11-17(15)16-10-21-24(34-22-13-31-26(36)27(22,2)3)18(12-32-35(21)14-16)25(29)33-20-8-6-5-7-19(20)28/h5-12,14,22,34H,13H2,1-4H3,(H2,29,33)(H,31,36). The summed E-state index contributed by atoms with van der Waals surface area (Å²) < 4.78 is 7.04. The summed E-state index contributed by atoms with van der Waals surface area (Å²) in [6.07, 6.45) is 5.39. The van der Waals surface area contributed by atoms with E-state index in [-0.39, 0.29) is 17.8 Å². The summed E-state index contributed by atoms with van der Waals surface area (Å²) in [5, 5.41) is 11.6. The van der Waals surface area contributed by atoms with Crippen LogP contribution in [0.15, 0.2) is 60.0 Å². The van der Waals surface area contributed by atoms with Crippen LogP contribution in [0.3, 0.4) is 0 Å². The third-order valence-electron chi connectivity index (χ3n) is 6.85. The number of aromatic nitrogens is 3. The van der Waals surface area contributed by atoms with Crippen LogP contribution in [-0.2, 0) is 4.79 Å². The molecule has 1 aliphatic heterocycles. The van der Waals surface area contributed by atoms with E-state index in [2.05, 4.69) is 25.7 Å². The number of nitrogens with two attached hydrogens (primary N) is 1. The molecule has 4 N–H and O–H groups in total. The molecule has 1 fully saturated rings. The van der Waals surface area contributed by atoms with Crippen LogP contribution in [0.2, 0.25) is 5.02 Å². The molecule has 10 heteroatoms. The topological polar surface area (TPSA) is 119 Å². The van der Waals surface area contributed by atoms with E-state index in [0.717, 1.165) is 27.9 Å². The number of para-hydroxylation sites is 1. The third-order valence-corrected chi connectivity index (χ3v) is 7.17. The zero-order valence-electron chi connectivity index (χ0n) is 21.0. The number of aryl methyl sites for hydroxylation is 1. The van der Waals surface area contributed by atoms with Crippen molar-refractivity contribution in [2.75, 3.05) is 19.0 Å². The Morgan fingerprint density at radius 2 is 2.08 bits per heavy atom. The van der Waals surface area contributed by atoms with Crippen LogP contribution in [-0.4, -0.2) is 46.0 Å². The van der Waals surface area contributed by atoms with Crippen LogP contribution in [0, 0.1) is 12.3 Å². The minimum atomic E-state index is -0.627. The molecule has 0 spiro atoms. The lowest BCUT2D eigenvalue weighted by molar-refractivity contribution is -0.126. The van der Waals surface area contributed by atoms with Crippen molar-refractivity contribution < 1.29 is 9.53 Å². The molecule has 5 rings (SSSR count). The quantitative estimate of drug-likeness (QED) is 0.258. The number of aliphatic imine (C=N–C) groups is 1. The average Bonchev–Trinajstić information content (AvgIpc) is 3.41. The summed E-state index contributed by atoms with van der Waals surface area (Å²) in [6.45, 7) is 6.33. The van der Waals surface area contributed by atoms with Crippen LogP contribution < -0.4 is 21.1 Å². The van der Waals surface area contributed by atoms with Gasteiger partial charge >= 0.3 is 0 Å². The van der Waals surface area contributed by atoms with Gasteiger partial charge in [-0.15, -0.1) is 0 Å². The zero-order chi connectivity index (χ0) is 26.3. The number of carbonyl (C=O) groups is 1. The average molecular weight is 518 g/mol. The lowest BCUT2D eigenvalue weighted by Crippen LogP contribution is -2.37. The molecule has 1 aliphatic rings. The number of rotatable bonds is 6. The molecule has 3 aromatic heterocycles. The lowest BCUT2D eigenvalue weighted by Gasteiger charge is -2.26. The van der Waals surface area contributed by atoms with Crippen LogP contribution in [0.4, 0.5) is 11.4 Å². The molecule has 0 saturated carbocycles. The van der Waals surface area contributed by atoms with Crippen LogP contribution >= 0.6 is 11.6 Å². The number of carbonyl (C=O) groups excluding carboxylic acids is 1. The summed E-state index contributed by atoms with van der Waals surface area (Å²) in [5.41, 5.74) is 11.5. The number of methoxy groups -OCH3 is 1. The molecule has 0 aliphatic carbocycles. The molecule has 9 nitrogen and oxygen atoms in total. The van der Waals surface area contributed by atoms with Gasteiger partial charge in [-0.2, -0.15) is 5.10 Å². The van der Waals surface area contributed by atoms with Crippen LogP contribution in [0.25, 0.3) is 16.6 Å². The van der Waals surface area contributed by atoms with E-state index in [1.54, 1.807) is 36.2 Å². The van der Waals surface area contributed by atoms with E-state index in [1.165, 1.54) is 0 Å². The second-order valence-electron chi connectivity index (χ2n) is 9.61. The number of hydrogen-bond donors (Lipinski definition) is 3. The predicted molar refractivity (Wildman–Crippen MR) is 146 cm³/mol. The molecule has 1 saturated heterocycles. The molecule has 1 aromatic carbocycles. The third kappa shape index (κ3) is 4.46. The van der Waals surface area contributed by atoms with Gasteiger partial charge in [-0.05, 0) is 44.5 Å². The second-order valence-corrected chi connectivity index (χ2v) is 10.0. The van der Waals surface area contributed by atoms with E-state index in [9.17, 15) is 4.79 Å². The Hall–Kier alpha value is -4.11. The van der Waals surface area contributed by atoms with Crippen LogP contribution in [0.5, 0.6) is 5.88 Å². The molecular formula is C27H28ClN7O2. The van der Waals surface area contributed by atoms with Crippen molar-refractivity contribution in [3.8, 4) is 17.0 Å². The Bertz CT molecular complexity index is 1540. The van der Waals surface area contributed by atoms with Crippen molar-refractivity contribution in [2.24, 2.45) is 16.1 Å². The maximum absolute atomic E-state index is 12.5. The molecule has 1 atom stereocenters. The van der Waals surface area contributed by atoms with Gasteiger partial charge in [0.05, 0.1) is 52.2 Å². The molecular weight excluding hydrogens is 490 g/mol. The number of anilines is 1. The van der Waals surface area contributed by atoms with E-state index in [1.807, 2.05) is 51.2 Å². The highest BCUT2D eigenvalue weighted by atomic mass is 35.5. The first-order valence-corrected chi connectivity index (χ1v) is 12.2. The van der Waals surface area contributed by atoms with Gasteiger partial charge < -0.3 is 21.1 Å². The van der Waals surface area contributed by atoms with Crippen molar-refractivity contribution in [3.05, 3.63) is 71.1 Å². The summed E-state index contributed by atoms with van der Waals surface area (Å²) >= 11 is 6.33. The highest BCUT2D eigenvalue weighted by Crippen LogP contribution is 2.35. The number of benzene rings is 1. The Kier molecular flexibility index (Phi) is 6.25. The Labute approximate surface area is 219 Å². The largest absolute Gasteiger partial charge is 0.481 e.